The van der Waals surface area contributed by atoms with E-state index in [1.54, 1.807) is 4.90 Å². The fraction of sp³-hybridized carbons (Fsp3) is 0.444. The van der Waals surface area contributed by atoms with Gasteiger partial charge in [0, 0.05) is 24.5 Å². The Hall–Kier alpha value is -3.35. The van der Waals surface area contributed by atoms with Gasteiger partial charge in [0.1, 0.15) is 6.61 Å². The van der Waals surface area contributed by atoms with Crippen LogP contribution in [-0.2, 0) is 14.3 Å². The molecular formula is C27H32N2O5. The third kappa shape index (κ3) is 4.93. The Balaban J connectivity index is 1.38. The van der Waals surface area contributed by atoms with Crippen molar-refractivity contribution >= 4 is 18.0 Å². The van der Waals surface area contributed by atoms with E-state index < -0.39 is 12.1 Å². The molecule has 2 aromatic rings. The number of amides is 2. The Morgan fingerprint density at radius 1 is 1.03 bits per heavy atom. The lowest BCUT2D eigenvalue weighted by atomic mass is 9.98. The van der Waals surface area contributed by atoms with Crippen LogP contribution in [0.25, 0.3) is 11.1 Å². The molecule has 4 rings (SSSR count). The van der Waals surface area contributed by atoms with Gasteiger partial charge in [0.15, 0.2) is 0 Å². The van der Waals surface area contributed by atoms with Gasteiger partial charge in [-0.2, -0.15) is 0 Å². The normalized spacial score (nSPS) is 18.9. The van der Waals surface area contributed by atoms with Crippen molar-refractivity contribution < 1.29 is 24.2 Å². The van der Waals surface area contributed by atoms with Gasteiger partial charge in [0.2, 0.25) is 5.91 Å². The summed E-state index contributed by atoms with van der Waals surface area (Å²) in [6, 6.07) is 15.9. The number of hydrogen-bond donors (Lipinski definition) is 2. The second-order valence-electron chi connectivity index (χ2n) is 9.38. The molecule has 0 aliphatic heterocycles. The van der Waals surface area contributed by atoms with Crippen molar-refractivity contribution in [1.29, 1.82) is 0 Å². The second-order valence-corrected chi connectivity index (χ2v) is 9.38. The van der Waals surface area contributed by atoms with E-state index in [0.29, 0.717) is 12.8 Å². The van der Waals surface area contributed by atoms with Gasteiger partial charge in [-0.05, 0) is 48.9 Å². The summed E-state index contributed by atoms with van der Waals surface area (Å²) in [5.74, 6) is -1.42. The van der Waals surface area contributed by atoms with Crippen LogP contribution >= 0.6 is 0 Å². The number of ether oxygens (including phenoxy) is 1. The maximum atomic E-state index is 13.2. The Labute approximate surface area is 200 Å². The minimum atomic E-state index is -0.932. The fourth-order valence-electron chi connectivity index (χ4n) is 5.27. The third-order valence-corrected chi connectivity index (χ3v) is 6.95. The molecule has 34 heavy (non-hydrogen) atoms. The molecule has 2 atom stereocenters. The van der Waals surface area contributed by atoms with Gasteiger partial charge in [0.05, 0.1) is 12.3 Å². The van der Waals surface area contributed by atoms with E-state index >= 15 is 0 Å². The number of carboxylic acid groups (broad SMARTS) is 1. The first-order valence-electron chi connectivity index (χ1n) is 12.0. The molecule has 0 spiro atoms. The monoisotopic (exact) mass is 464 g/mol. The highest BCUT2D eigenvalue weighted by molar-refractivity contribution is 5.82. The number of nitrogens with one attached hydrogen (secondary N) is 1. The van der Waals surface area contributed by atoms with Crippen molar-refractivity contribution in [2.24, 2.45) is 5.92 Å². The van der Waals surface area contributed by atoms with Crippen LogP contribution in [0.4, 0.5) is 4.79 Å². The molecule has 2 unspecified atom stereocenters. The molecule has 2 aliphatic rings. The minimum absolute atomic E-state index is 0.0217. The maximum absolute atomic E-state index is 13.2. The first-order valence-corrected chi connectivity index (χ1v) is 12.0. The molecule has 180 valence electrons. The number of benzene rings is 2. The summed E-state index contributed by atoms with van der Waals surface area (Å²) >= 11 is 0. The van der Waals surface area contributed by atoms with E-state index in [4.69, 9.17) is 9.84 Å². The predicted octanol–water partition coefficient (Wildman–Crippen LogP) is 4.41. The highest BCUT2D eigenvalue weighted by atomic mass is 16.5. The smallest absolute Gasteiger partial charge is 0.407 e. The standard InChI is InChI=1S/C27H32N2O5/c1-17(2)29(15-14-25(30)31)26(32)22-12-7-13-24(22)28-27(33)34-16-23-20-10-5-3-8-18(20)19-9-4-6-11-21(19)23/h3-6,8-11,17,22-24H,7,12-16H2,1-2H3,(H,28,33)(H,30,31). The zero-order valence-corrected chi connectivity index (χ0v) is 19.7. The first-order chi connectivity index (χ1) is 16.4. The largest absolute Gasteiger partial charge is 0.481 e. The lowest BCUT2D eigenvalue weighted by molar-refractivity contribution is -0.141. The lowest BCUT2D eigenvalue weighted by Crippen LogP contribution is -2.48. The van der Waals surface area contributed by atoms with Crippen molar-refractivity contribution in [1.82, 2.24) is 10.2 Å². The number of alkyl carbamates (subject to hydrolysis) is 1. The summed E-state index contributed by atoms with van der Waals surface area (Å²) in [6.07, 6.45) is 1.58. The van der Waals surface area contributed by atoms with Crippen LogP contribution in [0, 0.1) is 5.92 Å². The van der Waals surface area contributed by atoms with Gasteiger partial charge in [-0.3, -0.25) is 9.59 Å². The van der Waals surface area contributed by atoms with E-state index in [0.717, 1.165) is 17.5 Å². The molecule has 7 heteroatoms. The molecule has 0 radical (unpaired) electrons. The highest BCUT2D eigenvalue weighted by Crippen LogP contribution is 2.44. The van der Waals surface area contributed by atoms with E-state index in [1.807, 2.05) is 38.1 Å². The third-order valence-electron chi connectivity index (χ3n) is 6.95. The van der Waals surface area contributed by atoms with Crippen LogP contribution in [0.3, 0.4) is 0 Å². The number of nitrogens with zero attached hydrogens (tertiary/aromatic N) is 1. The summed E-state index contributed by atoms with van der Waals surface area (Å²) in [4.78, 5) is 38.5. The molecule has 7 nitrogen and oxygen atoms in total. The van der Waals surface area contributed by atoms with Crippen molar-refractivity contribution in [3.05, 3.63) is 59.7 Å². The molecule has 2 aliphatic carbocycles. The zero-order chi connectivity index (χ0) is 24.2. The van der Waals surface area contributed by atoms with Crippen molar-refractivity contribution in [3.8, 4) is 11.1 Å². The SMILES string of the molecule is CC(C)N(CCC(=O)O)C(=O)C1CCCC1NC(=O)OCC1c2ccccc2-c2ccccc21. The molecule has 1 fully saturated rings. The van der Waals surface area contributed by atoms with Crippen LogP contribution in [-0.4, -0.2) is 53.2 Å². The average molecular weight is 465 g/mol. The lowest BCUT2D eigenvalue weighted by Gasteiger charge is -2.31. The molecular weight excluding hydrogens is 432 g/mol. The average Bonchev–Trinajstić information content (AvgIpc) is 3.39. The van der Waals surface area contributed by atoms with E-state index in [2.05, 4.69) is 29.6 Å². The fourth-order valence-corrected chi connectivity index (χ4v) is 5.27. The molecule has 1 saturated carbocycles. The molecule has 0 bridgehead atoms. The van der Waals surface area contributed by atoms with Crippen LogP contribution < -0.4 is 5.32 Å². The van der Waals surface area contributed by atoms with Crippen molar-refractivity contribution in [2.45, 2.75) is 57.5 Å². The van der Waals surface area contributed by atoms with E-state index in [9.17, 15) is 14.4 Å². The second kappa shape index (κ2) is 10.3. The topological polar surface area (TPSA) is 95.9 Å². The molecule has 2 amide bonds. The predicted molar refractivity (Wildman–Crippen MR) is 128 cm³/mol. The number of carboxylic acids is 1. The molecule has 0 aromatic heterocycles. The summed E-state index contributed by atoms with van der Waals surface area (Å²) in [5, 5.41) is 11.9. The Bertz CT molecular complexity index is 1020. The van der Waals surface area contributed by atoms with Gasteiger partial charge < -0.3 is 20.1 Å². The Morgan fingerprint density at radius 3 is 2.24 bits per heavy atom. The maximum Gasteiger partial charge on any atom is 0.407 e. The van der Waals surface area contributed by atoms with Gasteiger partial charge in [-0.1, -0.05) is 55.0 Å². The number of hydrogen-bond acceptors (Lipinski definition) is 4. The quantitative estimate of drug-likeness (QED) is 0.604. The highest BCUT2D eigenvalue weighted by Gasteiger charge is 2.38. The first kappa shape index (κ1) is 23.8. The summed E-state index contributed by atoms with van der Waals surface area (Å²) < 4.78 is 5.66. The Kier molecular flexibility index (Phi) is 7.20. The van der Waals surface area contributed by atoms with Gasteiger partial charge in [-0.15, -0.1) is 0 Å². The van der Waals surface area contributed by atoms with E-state index in [1.165, 1.54) is 11.1 Å². The minimum Gasteiger partial charge on any atom is -0.481 e. The summed E-state index contributed by atoms with van der Waals surface area (Å²) in [7, 11) is 0. The van der Waals surface area contributed by atoms with Crippen LogP contribution in [0.2, 0.25) is 0 Å². The molecule has 2 aromatic carbocycles. The zero-order valence-electron chi connectivity index (χ0n) is 19.7. The van der Waals surface area contributed by atoms with Gasteiger partial charge >= 0.3 is 12.1 Å². The van der Waals surface area contributed by atoms with Gasteiger partial charge in [-0.25, -0.2) is 4.79 Å². The van der Waals surface area contributed by atoms with Crippen molar-refractivity contribution in [2.75, 3.05) is 13.2 Å². The number of rotatable bonds is 8. The number of aliphatic carboxylic acids is 1. The molecule has 2 N–H and O–H groups in total. The molecule has 0 heterocycles. The number of fused-ring (bicyclic) bond motifs is 3. The van der Waals surface area contributed by atoms with Crippen LogP contribution in [0.15, 0.2) is 48.5 Å². The molecule has 0 saturated heterocycles. The van der Waals surface area contributed by atoms with Crippen LogP contribution in [0.5, 0.6) is 0 Å². The van der Waals surface area contributed by atoms with Crippen LogP contribution in [0.1, 0.15) is 56.6 Å². The van der Waals surface area contributed by atoms with E-state index in [-0.39, 0.29) is 49.4 Å². The summed E-state index contributed by atoms with van der Waals surface area (Å²) in [6.45, 7) is 4.15. The Morgan fingerprint density at radius 2 is 1.65 bits per heavy atom. The number of carbonyl (C=O) groups is 3. The van der Waals surface area contributed by atoms with Gasteiger partial charge in [0.25, 0.3) is 0 Å². The summed E-state index contributed by atoms with van der Waals surface area (Å²) in [5.41, 5.74) is 4.64. The number of carbonyl (C=O) groups excluding carboxylic acids is 2. The van der Waals surface area contributed by atoms with Crippen molar-refractivity contribution in [3.63, 3.8) is 0 Å².